The van der Waals surface area contributed by atoms with Gasteiger partial charge >= 0.3 is 5.97 Å². The van der Waals surface area contributed by atoms with Gasteiger partial charge in [0.1, 0.15) is 12.4 Å². The lowest BCUT2D eigenvalue weighted by Gasteiger charge is -2.34. The zero-order chi connectivity index (χ0) is 17.7. The smallest absolute Gasteiger partial charge is 0.322 e. The average molecular weight is 358 g/mol. The van der Waals surface area contributed by atoms with Gasteiger partial charge in [-0.15, -0.1) is 0 Å². The van der Waals surface area contributed by atoms with Crippen molar-refractivity contribution in [2.24, 2.45) is 0 Å². The van der Waals surface area contributed by atoms with Crippen LogP contribution in [0.1, 0.15) is 10.4 Å². The molecular weight excluding hydrogens is 341 g/mol. The Balaban J connectivity index is 1.87. The largest absolute Gasteiger partial charge is 0.480 e. The molecule has 0 spiro atoms. The van der Waals surface area contributed by atoms with E-state index in [1.165, 1.54) is 23.1 Å². The number of carboxylic acid groups (broad SMARTS) is 1. The lowest BCUT2D eigenvalue weighted by Crippen LogP contribution is -2.51. The van der Waals surface area contributed by atoms with Gasteiger partial charge < -0.3 is 15.3 Å². The SMILES string of the molecule is O=C(O)CNC(=O)CN1CCN(C(=O)c2c(F)cccc2Cl)CC1. The van der Waals surface area contributed by atoms with Gasteiger partial charge in [0.2, 0.25) is 5.91 Å². The summed E-state index contributed by atoms with van der Waals surface area (Å²) < 4.78 is 13.8. The molecule has 0 aromatic heterocycles. The molecule has 1 saturated heterocycles. The highest BCUT2D eigenvalue weighted by atomic mass is 35.5. The van der Waals surface area contributed by atoms with Gasteiger partial charge in [0, 0.05) is 26.2 Å². The highest BCUT2D eigenvalue weighted by Crippen LogP contribution is 2.21. The van der Waals surface area contributed by atoms with E-state index in [-0.39, 0.29) is 17.1 Å². The number of benzene rings is 1. The molecule has 2 N–H and O–H groups in total. The molecular formula is C15H17ClFN3O4. The molecule has 2 rings (SSSR count). The molecule has 24 heavy (non-hydrogen) atoms. The minimum atomic E-state index is -1.11. The van der Waals surface area contributed by atoms with E-state index in [1.807, 2.05) is 0 Å². The average Bonchev–Trinajstić information content (AvgIpc) is 2.53. The Morgan fingerprint density at radius 2 is 1.88 bits per heavy atom. The normalized spacial score (nSPS) is 15.2. The monoisotopic (exact) mass is 357 g/mol. The number of carbonyl (C=O) groups is 3. The summed E-state index contributed by atoms with van der Waals surface area (Å²) in [7, 11) is 0. The van der Waals surface area contributed by atoms with E-state index in [2.05, 4.69) is 5.32 Å². The first kappa shape index (κ1) is 18.2. The van der Waals surface area contributed by atoms with E-state index in [0.29, 0.717) is 26.2 Å². The molecule has 7 nitrogen and oxygen atoms in total. The van der Waals surface area contributed by atoms with Crippen LogP contribution in [0.3, 0.4) is 0 Å². The van der Waals surface area contributed by atoms with Crippen LogP contribution < -0.4 is 5.32 Å². The summed E-state index contributed by atoms with van der Waals surface area (Å²) in [6.07, 6.45) is 0. The molecule has 0 saturated carbocycles. The molecule has 1 aliphatic heterocycles. The molecule has 9 heteroatoms. The van der Waals surface area contributed by atoms with E-state index in [9.17, 15) is 18.8 Å². The number of carbonyl (C=O) groups excluding carboxylic acids is 2. The van der Waals surface area contributed by atoms with Crippen LogP contribution in [-0.2, 0) is 9.59 Å². The van der Waals surface area contributed by atoms with Gasteiger partial charge in [-0.05, 0) is 12.1 Å². The van der Waals surface area contributed by atoms with Gasteiger partial charge in [0.05, 0.1) is 17.1 Å². The molecule has 1 heterocycles. The number of hydrogen-bond donors (Lipinski definition) is 2. The summed E-state index contributed by atoms with van der Waals surface area (Å²) in [6, 6.07) is 4.07. The molecule has 0 atom stereocenters. The predicted octanol–water partition coefficient (Wildman–Crippen LogP) is 0.438. The zero-order valence-electron chi connectivity index (χ0n) is 12.8. The van der Waals surface area contributed by atoms with Crippen molar-refractivity contribution < 1.29 is 23.9 Å². The summed E-state index contributed by atoms with van der Waals surface area (Å²) in [6.45, 7) is 1.14. The van der Waals surface area contributed by atoms with Crippen molar-refractivity contribution in [2.45, 2.75) is 0 Å². The van der Waals surface area contributed by atoms with Gasteiger partial charge in [0.15, 0.2) is 0 Å². The van der Waals surface area contributed by atoms with Crippen molar-refractivity contribution in [3.05, 3.63) is 34.6 Å². The van der Waals surface area contributed by atoms with Crippen LogP contribution >= 0.6 is 11.6 Å². The second kappa shape index (κ2) is 8.07. The van der Waals surface area contributed by atoms with Crippen molar-refractivity contribution in [3.63, 3.8) is 0 Å². The lowest BCUT2D eigenvalue weighted by molar-refractivity contribution is -0.138. The van der Waals surface area contributed by atoms with Crippen LogP contribution in [0.15, 0.2) is 18.2 Å². The van der Waals surface area contributed by atoms with Crippen molar-refractivity contribution >= 4 is 29.4 Å². The third-order valence-electron chi connectivity index (χ3n) is 3.64. The Hall–Kier alpha value is -2.19. The first-order valence-electron chi connectivity index (χ1n) is 7.32. The number of rotatable bonds is 5. The maximum atomic E-state index is 13.8. The van der Waals surface area contributed by atoms with Gasteiger partial charge in [-0.2, -0.15) is 0 Å². The van der Waals surface area contributed by atoms with Crippen LogP contribution in [0.25, 0.3) is 0 Å². The fourth-order valence-corrected chi connectivity index (χ4v) is 2.65. The molecule has 1 aliphatic rings. The Kier molecular flexibility index (Phi) is 6.10. The standard InChI is InChI=1S/C15H17ClFN3O4/c16-10-2-1-3-11(17)14(10)15(24)20-6-4-19(5-7-20)9-12(21)18-8-13(22)23/h1-3H,4-9H2,(H,18,21)(H,22,23). The third kappa shape index (κ3) is 4.65. The molecule has 1 fully saturated rings. The molecule has 1 aromatic carbocycles. The second-order valence-electron chi connectivity index (χ2n) is 5.34. The topological polar surface area (TPSA) is 89.9 Å². The molecule has 0 unspecified atom stereocenters. The van der Waals surface area contributed by atoms with Gasteiger partial charge in [0.25, 0.3) is 5.91 Å². The number of halogens is 2. The van der Waals surface area contributed by atoms with Crippen LogP contribution in [0.2, 0.25) is 5.02 Å². The summed E-state index contributed by atoms with van der Waals surface area (Å²) in [5.74, 6) is -2.65. The molecule has 0 bridgehead atoms. The fourth-order valence-electron chi connectivity index (χ4n) is 2.40. The number of carboxylic acids is 1. The zero-order valence-corrected chi connectivity index (χ0v) is 13.6. The fraction of sp³-hybridized carbons (Fsp3) is 0.400. The van der Waals surface area contributed by atoms with E-state index >= 15 is 0 Å². The van der Waals surface area contributed by atoms with Crippen LogP contribution in [0, 0.1) is 5.82 Å². The second-order valence-corrected chi connectivity index (χ2v) is 5.74. The number of nitrogens with one attached hydrogen (secondary N) is 1. The van der Waals surface area contributed by atoms with E-state index < -0.39 is 30.1 Å². The first-order valence-corrected chi connectivity index (χ1v) is 7.70. The van der Waals surface area contributed by atoms with Gasteiger partial charge in [-0.1, -0.05) is 17.7 Å². The molecule has 130 valence electrons. The highest BCUT2D eigenvalue weighted by molar-refractivity contribution is 6.33. The van der Waals surface area contributed by atoms with Crippen LogP contribution in [0.4, 0.5) is 4.39 Å². The van der Waals surface area contributed by atoms with Crippen molar-refractivity contribution in [1.82, 2.24) is 15.1 Å². The van der Waals surface area contributed by atoms with Crippen molar-refractivity contribution in [2.75, 3.05) is 39.3 Å². The molecule has 0 aliphatic carbocycles. The third-order valence-corrected chi connectivity index (χ3v) is 3.96. The molecule has 1 aromatic rings. The number of piperazine rings is 1. The lowest BCUT2D eigenvalue weighted by atomic mass is 10.1. The Morgan fingerprint density at radius 1 is 1.21 bits per heavy atom. The van der Waals surface area contributed by atoms with Crippen LogP contribution in [0.5, 0.6) is 0 Å². The minimum Gasteiger partial charge on any atom is -0.480 e. The summed E-state index contributed by atoms with van der Waals surface area (Å²) in [4.78, 5) is 37.6. The van der Waals surface area contributed by atoms with Crippen LogP contribution in [-0.4, -0.2) is 72.0 Å². The molecule has 0 radical (unpaired) electrons. The number of hydrogen-bond acceptors (Lipinski definition) is 4. The maximum Gasteiger partial charge on any atom is 0.322 e. The number of aliphatic carboxylic acids is 1. The number of nitrogens with zero attached hydrogens (tertiary/aromatic N) is 2. The van der Waals surface area contributed by atoms with Crippen molar-refractivity contribution in [1.29, 1.82) is 0 Å². The Morgan fingerprint density at radius 3 is 2.46 bits per heavy atom. The Labute approximate surface area is 143 Å². The van der Waals surface area contributed by atoms with Crippen molar-refractivity contribution in [3.8, 4) is 0 Å². The quantitative estimate of drug-likeness (QED) is 0.798. The number of amides is 2. The maximum absolute atomic E-state index is 13.8. The van der Waals surface area contributed by atoms with E-state index in [1.54, 1.807) is 4.90 Å². The van der Waals surface area contributed by atoms with E-state index in [4.69, 9.17) is 16.7 Å². The summed E-state index contributed by atoms with van der Waals surface area (Å²) in [5, 5.41) is 10.8. The summed E-state index contributed by atoms with van der Waals surface area (Å²) in [5.41, 5.74) is -0.146. The summed E-state index contributed by atoms with van der Waals surface area (Å²) >= 11 is 5.90. The first-order chi connectivity index (χ1) is 11.4. The minimum absolute atomic E-state index is 0.0514. The Bertz CT molecular complexity index is 627. The molecule has 2 amide bonds. The van der Waals surface area contributed by atoms with Gasteiger partial charge in [-0.25, -0.2) is 4.39 Å². The van der Waals surface area contributed by atoms with E-state index in [0.717, 1.165) is 0 Å². The van der Waals surface area contributed by atoms with Gasteiger partial charge in [-0.3, -0.25) is 19.3 Å². The predicted molar refractivity (Wildman–Crippen MR) is 84.4 cm³/mol. The highest BCUT2D eigenvalue weighted by Gasteiger charge is 2.26.